The standard InChI is InChI=1S/C34H43N3O4/c1-8-21-37(32(39)28(22-26-18-10-9-11-19-26)35-33(40)41-34(5,6)7)30(27-20-13-12-15-23(27)2)31(38)36-29-24(3)16-14-17-25(29)4/h9-20,28,30H,8,21-22H2,1-7H3,(H,35,40)(H,36,38). The number of aryl methyl sites for hydroxylation is 3. The van der Waals surface area contributed by atoms with E-state index in [1.54, 1.807) is 25.7 Å². The van der Waals surface area contributed by atoms with Crippen molar-refractivity contribution >= 4 is 23.6 Å². The van der Waals surface area contributed by atoms with E-state index in [1.165, 1.54) is 0 Å². The quantitative estimate of drug-likeness (QED) is 0.292. The van der Waals surface area contributed by atoms with Crippen molar-refractivity contribution in [2.45, 2.75) is 79.0 Å². The summed E-state index contributed by atoms with van der Waals surface area (Å²) in [7, 11) is 0. The number of hydrogen-bond acceptors (Lipinski definition) is 4. The highest BCUT2D eigenvalue weighted by Gasteiger charge is 2.37. The number of benzene rings is 3. The van der Waals surface area contributed by atoms with E-state index in [9.17, 15) is 14.4 Å². The van der Waals surface area contributed by atoms with Gasteiger partial charge in [0, 0.05) is 18.7 Å². The first-order chi connectivity index (χ1) is 19.4. The molecular weight excluding hydrogens is 514 g/mol. The molecule has 0 bridgehead atoms. The Balaban J connectivity index is 2.07. The molecule has 0 fully saturated rings. The molecule has 0 radical (unpaired) electrons. The molecule has 3 rings (SSSR count). The number of hydrogen-bond donors (Lipinski definition) is 2. The Kier molecular flexibility index (Phi) is 10.7. The maximum Gasteiger partial charge on any atom is 0.408 e. The number of anilines is 1. The van der Waals surface area contributed by atoms with Crippen LogP contribution in [-0.2, 0) is 20.7 Å². The summed E-state index contributed by atoms with van der Waals surface area (Å²) in [5.41, 5.74) is 4.37. The first kappa shape index (κ1) is 31.4. The van der Waals surface area contributed by atoms with Crippen LogP contribution in [0.4, 0.5) is 10.5 Å². The van der Waals surface area contributed by atoms with Gasteiger partial charge < -0.3 is 20.3 Å². The molecule has 7 heteroatoms. The second kappa shape index (κ2) is 14.0. The van der Waals surface area contributed by atoms with Crippen molar-refractivity contribution < 1.29 is 19.1 Å². The molecule has 0 aromatic heterocycles. The van der Waals surface area contributed by atoms with E-state index in [2.05, 4.69) is 10.6 Å². The van der Waals surface area contributed by atoms with Gasteiger partial charge in [-0.25, -0.2) is 4.79 Å². The van der Waals surface area contributed by atoms with Gasteiger partial charge in [0.1, 0.15) is 17.7 Å². The maximum atomic E-state index is 14.4. The summed E-state index contributed by atoms with van der Waals surface area (Å²) in [5.74, 6) is -0.666. The molecule has 0 aliphatic heterocycles. The lowest BCUT2D eigenvalue weighted by atomic mass is 9.96. The summed E-state index contributed by atoms with van der Waals surface area (Å²) in [6.07, 6.45) is 0.184. The van der Waals surface area contributed by atoms with Gasteiger partial charge in [-0.2, -0.15) is 0 Å². The SMILES string of the molecule is CCCN(C(=O)C(Cc1ccccc1)NC(=O)OC(C)(C)C)C(C(=O)Nc1c(C)cccc1C)c1ccccc1C. The summed E-state index contributed by atoms with van der Waals surface area (Å²) < 4.78 is 5.51. The second-order valence-electron chi connectivity index (χ2n) is 11.4. The first-order valence-electron chi connectivity index (χ1n) is 14.2. The van der Waals surface area contributed by atoms with Gasteiger partial charge in [0.2, 0.25) is 5.91 Å². The minimum absolute atomic E-state index is 0.248. The molecule has 0 saturated carbocycles. The third-order valence-electron chi connectivity index (χ3n) is 6.79. The molecule has 3 amide bonds. The zero-order valence-corrected chi connectivity index (χ0v) is 25.3. The van der Waals surface area contributed by atoms with Crippen molar-refractivity contribution in [1.29, 1.82) is 0 Å². The van der Waals surface area contributed by atoms with Crippen LogP contribution in [-0.4, -0.2) is 41.0 Å². The molecule has 218 valence electrons. The molecule has 2 N–H and O–H groups in total. The Morgan fingerprint density at radius 1 is 0.829 bits per heavy atom. The van der Waals surface area contributed by atoms with Crippen molar-refractivity contribution in [3.05, 3.63) is 101 Å². The fraction of sp³-hybridized carbons (Fsp3) is 0.382. The van der Waals surface area contributed by atoms with E-state index < -0.39 is 23.8 Å². The highest BCUT2D eigenvalue weighted by molar-refractivity contribution is 6.00. The summed E-state index contributed by atoms with van der Waals surface area (Å²) in [4.78, 5) is 43.1. The van der Waals surface area contributed by atoms with E-state index in [4.69, 9.17) is 4.74 Å². The van der Waals surface area contributed by atoms with Crippen molar-refractivity contribution in [1.82, 2.24) is 10.2 Å². The van der Waals surface area contributed by atoms with Gasteiger partial charge in [0.25, 0.3) is 5.91 Å². The van der Waals surface area contributed by atoms with Crippen molar-refractivity contribution in [2.24, 2.45) is 0 Å². The average Bonchev–Trinajstić information content (AvgIpc) is 2.90. The summed E-state index contributed by atoms with van der Waals surface area (Å²) >= 11 is 0. The van der Waals surface area contributed by atoms with Crippen LogP contribution in [0.3, 0.4) is 0 Å². The average molecular weight is 558 g/mol. The van der Waals surface area contributed by atoms with Crippen LogP contribution in [0.5, 0.6) is 0 Å². The number of carbonyl (C=O) groups is 3. The lowest BCUT2D eigenvalue weighted by molar-refractivity contribution is -0.140. The van der Waals surface area contributed by atoms with Gasteiger partial charge in [-0.1, -0.05) is 79.7 Å². The van der Waals surface area contributed by atoms with E-state index in [1.807, 2.05) is 100 Å². The smallest absolute Gasteiger partial charge is 0.408 e. The van der Waals surface area contributed by atoms with Gasteiger partial charge in [0.15, 0.2) is 0 Å². The van der Waals surface area contributed by atoms with Crippen molar-refractivity contribution in [2.75, 3.05) is 11.9 Å². The Hall–Kier alpha value is -4.13. The Labute approximate surface area is 244 Å². The third-order valence-corrected chi connectivity index (χ3v) is 6.79. The molecule has 3 aromatic rings. The maximum absolute atomic E-state index is 14.4. The lowest BCUT2D eigenvalue weighted by Gasteiger charge is -2.35. The molecule has 2 atom stereocenters. The zero-order valence-electron chi connectivity index (χ0n) is 25.3. The van der Waals surface area contributed by atoms with Crippen molar-refractivity contribution in [3.8, 4) is 0 Å². The van der Waals surface area contributed by atoms with Gasteiger partial charge in [-0.05, 0) is 75.8 Å². The number of ether oxygens (including phenoxy) is 1. The van der Waals surface area contributed by atoms with Crippen LogP contribution < -0.4 is 10.6 Å². The zero-order chi connectivity index (χ0) is 30.2. The first-order valence-corrected chi connectivity index (χ1v) is 14.2. The summed E-state index contributed by atoms with van der Waals surface area (Å²) in [6, 6.07) is 21.1. The molecule has 0 aliphatic carbocycles. The summed E-state index contributed by atoms with van der Waals surface area (Å²) in [5, 5.41) is 5.92. The number of nitrogens with one attached hydrogen (secondary N) is 2. The number of amides is 3. The van der Waals surface area contributed by atoms with E-state index in [0.717, 1.165) is 33.5 Å². The van der Waals surface area contributed by atoms with Crippen LogP contribution in [0, 0.1) is 20.8 Å². The van der Waals surface area contributed by atoms with Crippen molar-refractivity contribution in [3.63, 3.8) is 0 Å². The van der Waals surface area contributed by atoms with Crippen LogP contribution in [0.2, 0.25) is 0 Å². The van der Waals surface area contributed by atoms with Gasteiger partial charge in [-0.15, -0.1) is 0 Å². The molecular formula is C34H43N3O4. The van der Waals surface area contributed by atoms with Crippen LogP contribution in [0.25, 0.3) is 0 Å². The minimum Gasteiger partial charge on any atom is -0.444 e. The molecule has 0 spiro atoms. The number of para-hydroxylation sites is 1. The Morgan fingerprint density at radius 2 is 1.41 bits per heavy atom. The molecule has 0 heterocycles. The molecule has 3 aromatic carbocycles. The number of carbonyl (C=O) groups excluding carboxylic acids is 3. The van der Waals surface area contributed by atoms with E-state index >= 15 is 0 Å². The van der Waals surface area contributed by atoms with Gasteiger partial charge >= 0.3 is 6.09 Å². The molecule has 7 nitrogen and oxygen atoms in total. The van der Waals surface area contributed by atoms with E-state index in [-0.39, 0.29) is 18.2 Å². The van der Waals surface area contributed by atoms with Crippen LogP contribution in [0.1, 0.15) is 68.0 Å². The van der Waals surface area contributed by atoms with Crippen LogP contribution in [0.15, 0.2) is 72.8 Å². The topological polar surface area (TPSA) is 87.7 Å². The fourth-order valence-corrected chi connectivity index (χ4v) is 4.85. The number of alkyl carbamates (subject to hydrolysis) is 1. The van der Waals surface area contributed by atoms with E-state index in [0.29, 0.717) is 13.0 Å². The minimum atomic E-state index is -0.946. The normalized spacial score (nSPS) is 12.7. The largest absolute Gasteiger partial charge is 0.444 e. The van der Waals surface area contributed by atoms with Crippen LogP contribution >= 0.6 is 0 Å². The molecule has 0 aliphatic rings. The molecule has 41 heavy (non-hydrogen) atoms. The lowest BCUT2D eigenvalue weighted by Crippen LogP contribution is -2.53. The fourth-order valence-electron chi connectivity index (χ4n) is 4.85. The number of nitrogens with zero attached hydrogens (tertiary/aromatic N) is 1. The monoisotopic (exact) mass is 557 g/mol. The summed E-state index contributed by atoms with van der Waals surface area (Å²) in [6.45, 7) is 13.4. The predicted molar refractivity (Wildman–Crippen MR) is 164 cm³/mol. The number of rotatable bonds is 10. The molecule has 2 unspecified atom stereocenters. The highest BCUT2D eigenvalue weighted by Crippen LogP contribution is 2.29. The second-order valence-corrected chi connectivity index (χ2v) is 11.4. The van der Waals surface area contributed by atoms with Gasteiger partial charge in [0.05, 0.1) is 0 Å². The highest BCUT2D eigenvalue weighted by atomic mass is 16.6. The Bertz CT molecular complexity index is 1330. The Morgan fingerprint density at radius 3 is 2.00 bits per heavy atom. The predicted octanol–water partition coefficient (Wildman–Crippen LogP) is 6.67. The van der Waals surface area contributed by atoms with Gasteiger partial charge in [-0.3, -0.25) is 9.59 Å². The molecule has 0 saturated heterocycles. The third kappa shape index (κ3) is 8.68.